The summed E-state index contributed by atoms with van der Waals surface area (Å²) < 4.78 is 4.84. The first-order chi connectivity index (χ1) is 15.5. The Kier molecular flexibility index (Phi) is 6.66. The van der Waals surface area contributed by atoms with Gasteiger partial charge in [-0.3, -0.25) is 4.98 Å². The molecule has 0 radical (unpaired) electrons. The molecule has 0 bridgehead atoms. The Morgan fingerprint density at radius 2 is 1.84 bits per heavy atom. The lowest BCUT2D eigenvalue weighted by Crippen LogP contribution is -1.99. The Morgan fingerprint density at radius 1 is 1.03 bits per heavy atom. The fraction of sp³-hybridized carbons (Fsp3) is 0.0769. The third-order valence-electron chi connectivity index (χ3n) is 4.95. The molecule has 0 spiro atoms. The van der Waals surface area contributed by atoms with Crippen LogP contribution in [0, 0.1) is 6.92 Å². The van der Waals surface area contributed by atoms with Crippen molar-refractivity contribution in [1.29, 1.82) is 0 Å². The Morgan fingerprint density at radius 3 is 2.59 bits per heavy atom. The number of rotatable bonds is 7. The van der Waals surface area contributed by atoms with E-state index in [1.807, 2.05) is 36.4 Å². The van der Waals surface area contributed by atoms with Crippen LogP contribution in [0.4, 0.5) is 0 Å². The van der Waals surface area contributed by atoms with Gasteiger partial charge in [-0.25, -0.2) is 9.68 Å². The number of carboxylic acid groups (broad SMARTS) is 1. The van der Waals surface area contributed by atoms with Crippen molar-refractivity contribution < 1.29 is 19.1 Å². The summed E-state index contributed by atoms with van der Waals surface area (Å²) in [6, 6.07) is 23.1. The van der Waals surface area contributed by atoms with Crippen LogP contribution in [0.1, 0.15) is 16.7 Å². The summed E-state index contributed by atoms with van der Waals surface area (Å²) in [5.74, 6) is -0.994. The lowest BCUT2D eigenvalue weighted by molar-refractivity contribution is -0.160. The van der Waals surface area contributed by atoms with E-state index in [1.54, 1.807) is 36.5 Å². The van der Waals surface area contributed by atoms with E-state index in [0.29, 0.717) is 5.56 Å². The number of pyridine rings is 1. The first-order valence-corrected chi connectivity index (χ1v) is 10.7. The summed E-state index contributed by atoms with van der Waals surface area (Å²) in [5.41, 5.74) is 5.68. The molecular formula is C26H21NO4S. The normalized spacial score (nSPS) is 11.6. The predicted molar refractivity (Wildman–Crippen MR) is 128 cm³/mol. The maximum atomic E-state index is 12.0. The Labute approximate surface area is 190 Å². The van der Waals surface area contributed by atoms with Gasteiger partial charge in [0.25, 0.3) is 0 Å². The van der Waals surface area contributed by atoms with Gasteiger partial charge in [-0.2, -0.15) is 4.33 Å². The number of fused-ring (bicyclic) bond motifs is 1. The summed E-state index contributed by atoms with van der Waals surface area (Å²) in [7, 11) is 1.43. The van der Waals surface area contributed by atoms with Crippen molar-refractivity contribution in [1.82, 2.24) is 4.98 Å². The highest BCUT2D eigenvalue weighted by Crippen LogP contribution is 2.30. The van der Waals surface area contributed by atoms with E-state index in [9.17, 15) is 9.90 Å². The van der Waals surface area contributed by atoms with Crippen molar-refractivity contribution in [2.75, 3.05) is 7.11 Å². The zero-order valence-corrected chi connectivity index (χ0v) is 18.4. The Bertz CT molecular complexity index is 1300. The number of carbonyl (C=O) groups is 1. The molecule has 4 aromatic rings. The van der Waals surface area contributed by atoms with Gasteiger partial charge in [0.1, 0.15) is 0 Å². The number of nitrogens with zero attached hydrogens (tertiary/aromatic N) is 1. The predicted octanol–water partition coefficient (Wildman–Crippen LogP) is 6.42. The number of aliphatic carboxylic acids is 1. The first-order valence-electron chi connectivity index (χ1n) is 9.94. The highest BCUT2D eigenvalue weighted by Gasteiger charge is 2.12. The molecule has 0 aliphatic heterocycles. The van der Waals surface area contributed by atoms with Gasteiger partial charge >= 0.3 is 5.97 Å². The quantitative estimate of drug-likeness (QED) is 0.117. The summed E-state index contributed by atoms with van der Waals surface area (Å²) >= 11 is 1.06. The molecule has 6 heteroatoms. The molecule has 3 aromatic carbocycles. The number of aryl methyl sites for hydroxylation is 1. The monoisotopic (exact) mass is 443 g/mol. The second-order valence-corrected chi connectivity index (χ2v) is 7.99. The maximum Gasteiger partial charge on any atom is 0.336 e. The average Bonchev–Trinajstić information content (AvgIpc) is 2.81. The second kappa shape index (κ2) is 9.78. The molecule has 0 amide bonds. The van der Waals surface area contributed by atoms with E-state index in [2.05, 4.69) is 28.9 Å². The summed E-state index contributed by atoms with van der Waals surface area (Å²) in [6.07, 6.45) is 3.47. The van der Waals surface area contributed by atoms with Gasteiger partial charge in [-0.15, -0.1) is 0 Å². The third-order valence-corrected chi connectivity index (χ3v) is 5.62. The van der Waals surface area contributed by atoms with Crippen LogP contribution in [0.15, 0.2) is 83.9 Å². The van der Waals surface area contributed by atoms with E-state index in [4.69, 9.17) is 4.33 Å². The third kappa shape index (κ3) is 4.89. The number of hydrogen-bond acceptors (Lipinski definition) is 5. The van der Waals surface area contributed by atoms with Gasteiger partial charge in [0.2, 0.25) is 0 Å². The van der Waals surface area contributed by atoms with Crippen molar-refractivity contribution in [3.63, 3.8) is 0 Å². The van der Waals surface area contributed by atoms with Gasteiger partial charge in [-0.05, 0) is 71.7 Å². The minimum atomic E-state index is -0.994. The van der Waals surface area contributed by atoms with Crippen molar-refractivity contribution in [3.8, 4) is 11.1 Å². The van der Waals surface area contributed by atoms with Gasteiger partial charge < -0.3 is 5.11 Å². The van der Waals surface area contributed by atoms with Crippen LogP contribution in [-0.4, -0.2) is 23.2 Å². The number of hydrogen-bond donors (Lipinski definition) is 1. The number of aromatic nitrogens is 1. The van der Waals surface area contributed by atoms with Crippen molar-refractivity contribution in [3.05, 3.63) is 95.7 Å². The van der Waals surface area contributed by atoms with Crippen LogP contribution in [0.5, 0.6) is 0 Å². The number of benzene rings is 3. The smallest absolute Gasteiger partial charge is 0.336 e. The molecule has 0 atom stereocenters. The van der Waals surface area contributed by atoms with Gasteiger partial charge in [0.05, 0.1) is 30.2 Å². The molecule has 0 aliphatic rings. The summed E-state index contributed by atoms with van der Waals surface area (Å²) in [5, 5.41) is 10.9. The summed E-state index contributed by atoms with van der Waals surface area (Å²) in [4.78, 5) is 22.0. The molecule has 5 nitrogen and oxygen atoms in total. The highest BCUT2D eigenvalue weighted by molar-refractivity contribution is 7.94. The van der Waals surface area contributed by atoms with Crippen LogP contribution in [0.25, 0.3) is 33.7 Å². The van der Waals surface area contributed by atoms with Crippen molar-refractivity contribution in [2.45, 2.75) is 11.8 Å². The molecule has 0 fully saturated rings. The largest absolute Gasteiger partial charge is 0.478 e. The van der Waals surface area contributed by atoms with Crippen LogP contribution in [0.2, 0.25) is 0 Å². The maximum absolute atomic E-state index is 12.0. The molecule has 32 heavy (non-hydrogen) atoms. The lowest BCUT2D eigenvalue weighted by atomic mass is 9.96. The fourth-order valence-electron chi connectivity index (χ4n) is 3.56. The Hall–Kier alpha value is -3.45. The molecule has 160 valence electrons. The molecule has 4 rings (SSSR count). The molecule has 1 heterocycles. The van der Waals surface area contributed by atoms with E-state index in [1.165, 1.54) is 7.11 Å². The fourth-order valence-corrected chi connectivity index (χ4v) is 3.95. The molecule has 0 saturated carbocycles. The van der Waals surface area contributed by atoms with Crippen molar-refractivity contribution >= 4 is 40.6 Å². The standard InChI is InChI=1S/C26H21NO4S/c1-17-13-21-7-4-12-27-25(21)23(14-17)20-6-3-5-18(15-20)16-24(26(28)29)19-8-10-22(11-9-19)32-31-30-2/h3-16H,1-2H3,(H,28,29)/b24-16+. The first kappa shape index (κ1) is 21.8. The zero-order valence-electron chi connectivity index (χ0n) is 17.6. The van der Waals surface area contributed by atoms with Crippen LogP contribution in [-0.2, 0) is 14.0 Å². The van der Waals surface area contributed by atoms with Gasteiger partial charge in [-0.1, -0.05) is 36.4 Å². The second-order valence-electron chi connectivity index (χ2n) is 7.22. The average molecular weight is 444 g/mol. The minimum Gasteiger partial charge on any atom is -0.478 e. The summed E-state index contributed by atoms with van der Waals surface area (Å²) in [6.45, 7) is 2.06. The molecule has 0 aliphatic carbocycles. The highest BCUT2D eigenvalue weighted by atomic mass is 32.2. The van der Waals surface area contributed by atoms with Gasteiger partial charge in [0, 0.05) is 22.0 Å². The molecular weight excluding hydrogens is 422 g/mol. The topological polar surface area (TPSA) is 68.7 Å². The SMILES string of the molecule is COOSc1ccc(/C(=C\c2cccc(-c3cc(C)cc4cccnc34)c2)C(=O)O)cc1. The minimum absolute atomic E-state index is 0.207. The van der Waals surface area contributed by atoms with Gasteiger partial charge in [0.15, 0.2) is 0 Å². The molecule has 1 N–H and O–H groups in total. The number of carboxylic acids is 1. The van der Waals surface area contributed by atoms with Crippen LogP contribution in [0.3, 0.4) is 0 Å². The van der Waals surface area contributed by atoms with E-state index in [0.717, 1.165) is 50.1 Å². The van der Waals surface area contributed by atoms with Crippen molar-refractivity contribution in [2.24, 2.45) is 0 Å². The zero-order chi connectivity index (χ0) is 22.5. The van der Waals surface area contributed by atoms with E-state index < -0.39 is 5.97 Å². The molecule has 1 aromatic heterocycles. The lowest BCUT2D eigenvalue weighted by Gasteiger charge is -2.09. The molecule has 0 saturated heterocycles. The van der Waals surface area contributed by atoms with E-state index in [-0.39, 0.29) is 5.57 Å². The molecule has 0 unspecified atom stereocenters. The van der Waals surface area contributed by atoms with Crippen LogP contribution < -0.4 is 0 Å². The van der Waals surface area contributed by atoms with Crippen LogP contribution >= 0.6 is 12.0 Å². The Balaban J connectivity index is 1.73. The van der Waals surface area contributed by atoms with E-state index >= 15 is 0 Å².